The Morgan fingerprint density at radius 2 is 0.912 bits per heavy atom. The summed E-state index contributed by atoms with van der Waals surface area (Å²) in [5, 5.41) is 3.65. The molecule has 4 aliphatic heterocycles. The predicted octanol–water partition coefficient (Wildman–Crippen LogP) is 19.7. The molecular weight excluding hydrogens is 1510 g/mol. The first-order valence-corrected chi connectivity index (χ1v) is 42.8. The van der Waals surface area contributed by atoms with Crippen LogP contribution in [0.2, 0.25) is 0 Å². The molecule has 1 aliphatic carbocycles. The highest BCUT2D eigenvalue weighted by Gasteiger charge is 2.38. The minimum atomic E-state index is -4.87. The molecule has 7 heterocycles. The smallest absolute Gasteiger partial charge is 0.406 e. The molecule has 5 aliphatic rings. The van der Waals surface area contributed by atoms with Crippen molar-refractivity contribution in [1.29, 1.82) is 0 Å². The van der Waals surface area contributed by atoms with E-state index in [9.17, 15) is 56.4 Å². The molecule has 11 aromatic rings. The molecule has 3 N–H and O–H groups in total. The van der Waals surface area contributed by atoms with Gasteiger partial charge in [-0.3, -0.25) is 4.79 Å². The van der Waals surface area contributed by atoms with Gasteiger partial charge in [-0.05, 0) is 230 Å². The normalized spacial score (nSPS) is 17.0. The van der Waals surface area contributed by atoms with Crippen LogP contribution in [0.5, 0.6) is 11.5 Å². The SMILES string of the molecule is CCc1ccc(S(=O)(=O)N2CCC(c3c[nH]c4ccccc34)CC2)cc1.Cc1ccc2[nH]cc(C3CCN(S(=O)(=O)c4ccc(C(C)(C)C)cc4)CC3)c2c1.Cc1cccc2c1CC=C2C1CCN(C(=O)c2ccccc2OC(F)(F)F)CC1.O=S(=O)(c1cccc(OC(F)(F)F)c1)N1CCC(c2c[nH]c3ccccc23)CC1. The molecule has 113 heavy (non-hydrogen) atoms. The lowest BCUT2D eigenvalue weighted by molar-refractivity contribution is -0.275. The fourth-order valence-electron chi connectivity index (χ4n) is 16.4. The number of aryl methyl sites for hydroxylation is 3. The third-order valence-electron chi connectivity index (χ3n) is 22.6. The minimum Gasteiger partial charge on any atom is -0.406 e. The lowest BCUT2D eigenvalue weighted by atomic mass is 9.85. The van der Waals surface area contributed by atoms with Crippen molar-refractivity contribution in [2.45, 2.75) is 156 Å². The van der Waals surface area contributed by atoms with Crippen LogP contribution < -0.4 is 9.47 Å². The van der Waals surface area contributed by atoms with E-state index in [1.807, 2.05) is 60.8 Å². The van der Waals surface area contributed by atoms with Crippen molar-refractivity contribution in [1.82, 2.24) is 32.8 Å². The highest BCUT2D eigenvalue weighted by molar-refractivity contribution is 7.89. The number of sulfonamides is 3. The predicted molar refractivity (Wildman–Crippen MR) is 431 cm³/mol. The number of nitrogens with one attached hydrogen (secondary N) is 3. The molecule has 1 amide bonds. The molecule has 596 valence electrons. The van der Waals surface area contributed by atoms with Crippen LogP contribution in [0.1, 0.15) is 157 Å². The highest BCUT2D eigenvalue weighted by atomic mass is 32.2. The maximum atomic E-state index is 13.1. The van der Waals surface area contributed by atoms with Gasteiger partial charge in [-0.25, -0.2) is 25.3 Å². The number of fused-ring (bicyclic) bond motifs is 4. The van der Waals surface area contributed by atoms with Gasteiger partial charge in [-0.2, -0.15) is 12.9 Å². The summed E-state index contributed by atoms with van der Waals surface area (Å²) in [6.45, 7) is 16.6. The molecule has 4 fully saturated rings. The molecule has 0 unspecified atom stereocenters. The number of H-pyrrole nitrogens is 3. The van der Waals surface area contributed by atoms with E-state index in [-0.39, 0.29) is 21.8 Å². The van der Waals surface area contributed by atoms with Crippen LogP contribution in [0.4, 0.5) is 26.3 Å². The first kappa shape index (κ1) is 81.5. The van der Waals surface area contributed by atoms with E-state index in [4.69, 9.17) is 0 Å². The monoisotopic (exact) mass is 1600 g/mol. The van der Waals surface area contributed by atoms with Crippen LogP contribution in [0.25, 0.3) is 38.3 Å². The van der Waals surface area contributed by atoms with Gasteiger partial charge in [-0.15, -0.1) is 26.3 Å². The number of rotatable bonds is 14. The van der Waals surface area contributed by atoms with E-state index < -0.39 is 60.2 Å². The topological polar surface area (TPSA) is 198 Å². The maximum Gasteiger partial charge on any atom is 0.573 e. The molecule has 0 atom stereocenters. The van der Waals surface area contributed by atoms with Gasteiger partial charge in [0.2, 0.25) is 30.1 Å². The molecule has 16 rings (SSSR count). The Morgan fingerprint density at radius 3 is 1.42 bits per heavy atom. The number of para-hydroxylation sites is 3. The minimum absolute atomic E-state index is 0.0122. The second-order valence-electron chi connectivity index (χ2n) is 30.8. The van der Waals surface area contributed by atoms with Crippen LogP contribution in [-0.2, 0) is 48.3 Å². The third-order valence-corrected chi connectivity index (χ3v) is 28.3. The lowest BCUT2D eigenvalue weighted by Crippen LogP contribution is -2.39. The van der Waals surface area contributed by atoms with E-state index in [1.165, 1.54) is 89.9 Å². The van der Waals surface area contributed by atoms with E-state index in [1.54, 1.807) is 43.8 Å². The van der Waals surface area contributed by atoms with Gasteiger partial charge in [0.1, 0.15) is 11.5 Å². The zero-order chi connectivity index (χ0) is 80.2. The first-order chi connectivity index (χ1) is 53.8. The van der Waals surface area contributed by atoms with Gasteiger partial charge < -0.3 is 29.3 Å². The number of aromatic nitrogens is 3. The van der Waals surface area contributed by atoms with Crippen LogP contribution in [0.3, 0.4) is 0 Å². The summed E-state index contributed by atoms with van der Waals surface area (Å²) in [5.74, 6) is -0.0381. The van der Waals surface area contributed by atoms with Crippen LogP contribution in [0, 0.1) is 19.8 Å². The van der Waals surface area contributed by atoms with Crippen LogP contribution >= 0.6 is 0 Å². The number of carbonyl (C=O) groups excluding carboxylic acids is 1. The van der Waals surface area contributed by atoms with Crippen molar-refractivity contribution in [2.24, 2.45) is 5.92 Å². The van der Waals surface area contributed by atoms with Gasteiger partial charge in [0, 0.05) is 110 Å². The Balaban J connectivity index is 0.000000132. The molecule has 3 aromatic heterocycles. The van der Waals surface area contributed by atoms with E-state index >= 15 is 0 Å². The molecular formula is C88H95F6N7O9S3. The zero-order valence-electron chi connectivity index (χ0n) is 64.1. The Bertz CT molecular complexity index is 5570. The van der Waals surface area contributed by atoms with Crippen molar-refractivity contribution in [2.75, 3.05) is 52.4 Å². The van der Waals surface area contributed by atoms with Crippen molar-refractivity contribution in [3.8, 4) is 11.5 Å². The highest BCUT2D eigenvalue weighted by Crippen LogP contribution is 2.43. The number of likely N-dealkylation sites (tertiary alicyclic amines) is 1. The number of hydrogen-bond acceptors (Lipinski definition) is 9. The molecule has 4 saturated heterocycles. The van der Waals surface area contributed by atoms with Crippen molar-refractivity contribution in [3.05, 3.63) is 262 Å². The van der Waals surface area contributed by atoms with Gasteiger partial charge in [0.15, 0.2) is 0 Å². The number of hydrogen-bond donors (Lipinski definition) is 3. The molecule has 25 heteroatoms. The quantitative estimate of drug-likeness (QED) is 0.0887. The number of benzene rings is 8. The van der Waals surface area contributed by atoms with Gasteiger partial charge >= 0.3 is 12.7 Å². The molecule has 0 spiro atoms. The summed E-state index contributed by atoms with van der Waals surface area (Å²) < 4.78 is 166. The van der Waals surface area contributed by atoms with Crippen molar-refractivity contribution in [3.63, 3.8) is 0 Å². The number of halogens is 6. The van der Waals surface area contributed by atoms with Crippen molar-refractivity contribution < 1.29 is 65.9 Å². The molecule has 16 nitrogen and oxygen atoms in total. The maximum absolute atomic E-state index is 13.1. The van der Waals surface area contributed by atoms with Crippen LogP contribution in [-0.4, -0.2) is 129 Å². The lowest BCUT2D eigenvalue weighted by Gasteiger charge is -2.33. The van der Waals surface area contributed by atoms with E-state index in [0.29, 0.717) is 92.7 Å². The summed E-state index contributed by atoms with van der Waals surface area (Å²) in [6, 6.07) is 53.8. The summed E-state index contributed by atoms with van der Waals surface area (Å²) in [7, 11) is -10.7. The number of carbonyl (C=O) groups is 1. The summed E-state index contributed by atoms with van der Waals surface area (Å²) in [5.41, 5.74) is 16.0. The van der Waals surface area contributed by atoms with E-state index in [2.05, 4.69) is 139 Å². The largest absolute Gasteiger partial charge is 0.573 e. The number of ether oxygens (including phenoxy) is 2. The van der Waals surface area contributed by atoms with E-state index in [0.717, 1.165) is 96.6 Å². The Hall–Kier alpha value is -9.50. The number of aromatic amines is 3. The number of allylic oxidation sites excluding steroid dienone is 2. The summed E-state index contributed by atoms with van der Waals surface area (Å²) in [4.78, 5) is 25.0. The third kappa shape index (κ3) is 18.8. The first-order valence-electron chi connectivity index (χ1n) is 38.5. The molecule has 0 radical (unpaired) electrons. The number of nitrogens with zero attached hydrogens (tertiary/aromatic N) is 4. The second-order valence-corrected chi connectivity index (χ2v) is 36.6. The van der Waals surface area contributed by atoms with Crippen molar-refractivity contribution >= 4 is 74.3 Å². The Kier molecular flexibility index (Phi) is 24.5. The molecule has 0 saturated carbocycles. The molecule has 8 aromatic carbocycles. The zero-order valence-corrected chi connectivity index (χ0v) is 66.6. The number of amides is 1. The summed E-state index contributed by atoms with van der Waals surface area (Å²) >= 11 is 0. The number of piperidine rings is 4. The molecule has 0 bridgehead atoms. The Morgan fingerprint density at radius 1 is 0.460 bits per heavy atom. The average molecular weight is 1600 g/mol. The fourth-order valence-corrected chi connectivity index (χ4v) is 20.8. The standard InChI is InChI=1S/C24H30N2O2S.C23H22F3NO2.C21H24N2O2S.C20H19F3N2O3S/c1-17-5-10-23-21(15-17)22(16-25-23)18-11-13-26(14-12-18)29(27,28)20-8-6-19(7-9-20)24(2,3)4;1-15-5-4-7-19-17(15)9-10-18(19)16-11-13-27(14-12-16)22(28)20-6-2-3-8-21(20)29-23(24,25)26;1-2-16-7-9-18(10-8-16)26(24,25)23-13-11-17(12-14-23)20-15-22-21-6-4-3-5-19(20)21;21-20(22,23)28-15-4-3-5-16(12-15)29(26,27)25-10-8-14(9-11-25)18-13-24-19-7-2-1-6-17(18)19/h5-10,15-16,18,25H,11-14H2,1-4H3;2-8,10,16H,9,11-14H2,1H3;3-10,15,17,22H,2,11-14H2,1H3;1-7,12-14,24H,8-11H2. The fraction of sp³-hybridized carbons (Fsp3) is 0.352. The average Bonchev–Trinajstić information content (AvgIpc) is 1.78. The second kappa shape index (κ2) is 33.9. The van der Waals surface area contributed by atoms with Gasteiger partial charge in [0.25, 0.3) is 5.91 Å². The Labute approximate surface area is 657 Å². The van der Waals surface area contributed by atoms with Gasteiger partial charge in [-0.1, -0.05) is 142 Å². The number of alkyl halides is 6. The van der Waals surface area contributed by atoms with Gasteiger partial charge in [0.05, 0.1) is 20.2 Å². The summed E-state index contributed by atoms with van der Waals surface area (Å²) in [6.07, 6.45) is 6.87. The van der Waals surface area contributed by atoms with Crippen LogP contribution in [0.15, 0.2) is 221 Å².